The van der Waals surface area contributed by atoms with Crippen molar-refractivity contribution >= 4 is 17.4 Å². The van der Waals surface area contributed by atoms with Crippen LogP contribution < -0.4 is 9.64 Å². The van der Waals surface area contributed by atoms with Crippen molar-refractivity contribution in [1.82, 2.24) is 0 Å². The maximum absolute atomic E-state index is 13.1. The van der Waals surface area contributed by atoms with Gasteiger partial charge in [-0.1, -0.05) is 37.3 Å². The number of para-hydroxylation sites is 1. The number of hydrogen-bond acceptors (Lipinski definition) is 4. The SMILES string of the molecule is COc1cccc(C2CC3C(=O)C(O)(C(=O)N3c3ccccc3)C2C)c1. The summed E-state index contributed by atoms with van der Waals surface area (Å²) in [6.45, 7) is 1.78. The van der Waals surface area contributed by atoms with Gasteiger partial charge in [0.05, 0.1) is 13.2 Å². The molecule has 134 valence electrons. The van der Waals surface area contributed by atoms with Gasteiger partial charge in [-0.3, -0.25) is 14.5 Å². The van der Waals surface area contributed by atoms with E-state index in [1.165, 1.54) is 4.90 Å². The number of carbonyl (C=O) groups excluding carboxylic acids is 2. The van der Waals surface area contributed by atoms with E-state index in [1.54, 1.807) is 26.2 Å². The lowest BCUT2D eigenvalue weighted by Gasteiger charge is -2.37. The van der Waals surface area contributed by atoms with E-state index in [0.29, 0.717) is 12.1 Å². The molecule has 2 aromatic carbocycles. The van der Waals surface area contributed by atoms with Crippen molar-refractivity contribution in [3.05, 3.63) is 60.2 Å². The van der Waals surface area contributed by atoms with Gasteiger partial charge in [0, 0.05) is 11.6 Å². The number of ether oxygens (including phenoxy) is 1. The summed E-state index contributed by atoms with van der Waals surface area (Å²) in [5, 5.41) is 11.1. The smallest absolute Gasteiger partial charge is 0.267 e. The number of hydrogen-bond donors (Lipinski definition) is 1. The number of fused-ring (bicyclic) bond motifs is 2. The summed E-state index contributed by atoms with van der Waals surface area (Å²) in [6, 6.07) is 16.0. The Morgan fingerprint density at radius 3 is 2.54 bits per heavy atom. The Labute approximate surface area is 152 Å². The van der Waals surface area contributed by atoms with E-state index in [2.05, 4.69) is 0 Å². The summed E-state index contributed by atoms with van der Waals surface area (Å²) < 4.78 is 5.30. The summed E-state index contributed by atoms with van der Waals surface area (Å²) in [7, 11) is 1.60. The van der Waals surface area contributed by atoms with Crippen molar-refractivity contribution in [2.24, 2.45) is 5.92 Å². The van der Waals surface area contributed by atoms with Crippen molar-refractivity contribution in [2.45, 2.75) is 30.9 Å². The lowest BCUT2D eigenvalue weighted by molar-refractivity contribution is -0.153. The molecule has 26 heavy (non-hydrogen) atoms. The van der Waals surface area contributed by atoms with Crippen molar-refractivity contribution in [3.8, 4) is 5.75 Å². The first kappa shape index (κ1) is 16.8. The van der Waals surface area contributed by atoms with Crippen LogP contribution in [0.3, 0.4) is 0 Å². The molecule has 1 N–H and O–H groups in total. The third-order valence-corrected chi connectivity index (χ3v) is 5.83. The van der Waals surface area contributed by atoms with Crippen LogP contribution in [0.2, 0.25) is 0 Å². The summed E-state index contributed by atoms with van der Waals surface area (Å²) in [5.41, 5.74) is -0.368. The predicted octanol–water partition coefficient (Wildman–Crippen LogP) is 2.53. The number of anilines is 1. The largest absolute Gasteiger partial charge is 0.497 e. The van der Waals surface area contributed by atoms with Gasteiger partial charge in [0.2, 0.25) is 5.60 Å². The van der Waals surface area contributed by atoms with Gasteiger partial charge in [0.25, 0.3) is 5.91 Å². The fourth-order valence-electron chi connectivity index (χ4n) is 4.35. The maximum atomic E-state index is 13.1. The lowest BCUT2D eigenvalue weighted by atomic mass is 9.67. The average Bonchev–Trinajstić information content (AvgIpc) is 2.81. The number of amides is 1. The van der Waals surface area contributed by atoms with Crippen LogP contribution in [0.25, 0.3) is 0 Å². The Kier molecular flexibility index (Phi) is 3.84. The zero-order valence-corrected chi connectivity index (χ0v) is 14.8. The molecule has 0 spiro atoms. The molecule has 1 heterocycles. The first-order valence-electron chi connectivity index (χ1n) is 8.77. The highest BCUT2D eigenvalue weighted by atomic mass is 16.5. The molecule has 5 nitrogen and oxygen atoms in total. The third kappa shape index (κ3) is 2.20. The highest BCUT2D eigenvalue weighted by Crippen LogP contribution is 2.49. The van der Waals surface area contributed by atoms with Gasteiger partial charge in [0.1, 0.15) is 5.75 Å². The molecular formula is C21H21NO4. The van der Waals surface area contributed by atoms with Gasteiger partial charge in [-0.2, -0.15) is 0 Å². The second kappa shape index (κ2) is 5.95. The predicted molar refractivity (Wildman–Crippen MR) is 97.2 cm³/mol. The van der Waals surface area contributed by atoms with E-state index >= 15 is 0 Å². The minimum atomic E-state index is -1.98. The van der Waals surface area contributed by atoms with Crippen LogP contribution in [-0.2, 0) is 9.59 Å². The van der Waals surface area contributed by atoms with Crippen molar-refractivity contribution in [2.75, 3.05) is 12.0 Å². The first-order chi connectivity index (χ1) is 12.5. The zero-order chi connectivity index (χ0) is 18.5. The molecule has 2 bridgehead atoms. The minimum Gasteiger partial charge on any atom is -0.497 e. The van der Waals surface area contributed by atoms with E-state index < -0.39 is 29.3 Å². The molecule has 1 aliphatic carbocycles. The highest BCUT2D eigenvalue weighted by Gasteiger charge is 2.66. The van der Waals surface area contributed by atoms with Crippen LogP contribution in [0.5, 0.6) is 5.75 Å². The van der Waals surface area contributed by atoms with Gasteiger partial charge in [-0.15, -0.1) is 0 Å². The van der Waals surface area contributed by atoms with Crippen LogP contribution in [0, 0.1) is 5.92 Å². The number of nitrogens with zero attached hydrogens (tertiary/aromatic N) is 1. The monoisotopic (exact) mass is 351 g/mol. The second-order valence-electron chi connectivity index (χ2n) is 7.06. The fraction of sp³-hybridized carbons (Fsp3) is 0.333. The summed E-state index contributed by atoms with van der Waals surface area (Å²) in [5.74, 6) is -0.818. The molecule has 2 aromatic rings. The van der Waals surface area contributed by atoms with Crippen molar-refractivity contribution in [1.29, 1.82) is 0 Å². The van der Waals surface area contributed by atoms with Gasteiger partial charge < -0.3 is 9.84 Å². The Morgan fingerprint density at radius 2 is 1.85 bits per heavy atom. The Bertz CT molecular complexity index is 865. The van der Waals surface area contributed by atoms with Gasteiger partial charge in [0.15, 0.2) is 5.78 Å². The number of carbonyl (C=O) groups is 2. The van der Waals surface area contributed by atoms with E-state index in [9.17, 15) is 14.7 Å². The van der Waals surface area contributed by atoms with Gasteiger partial charge in [-0.25, -0.2) is 0 Å². The molecule has 4 rings (SSSR count). The molecule has 1 aliphatic heterocycles. The summed E-state index contributed by atoms with van der Waals surface area (Å²) in [6.07, 6.45) is 0.482. The number of rotatable bonds is 3. The molecule has 4 atom stereocenters. The Balaban J connectivity index is 1.78. The molecule has 1 amide bonds. The van der Waals surface area contributed by atoms with Crippen LogP contribution in [0.15, 0.2) is 54.6 Å². The van der Waals surface area contributed by atoms with E-state index in [0.717, 1.165) is 11.3 Å². The quantitative estimate of drug-likeness (QED) is 0.863. The average molecular weight is 351 g/mol. The summed E-state index contributed by atoms with van der Waals surface area (Å²) >= 11 is 0. The number of Topliss-reactive ketones (excluding diaryl/α,β-unsaturated/α-hetero) is 1. The maximum Gasteiger partial charge on any atom is 0.267 e. The van der Waals surface area contributed by atoms with Crippen LogP contribution in [-0.4, -0.2) is 35.5 Å². The molecule has 2 aliphatic rings. The lowest BCUT2D eigenvalue weighted by Crippen LogP contribution is -2.53. The molecule has 4 unspecified atom stereocenters. The summed E-state index contributed by atoms with van der Waals surface area (Å²) in [4.78, 5) is 27.4. The molecular weight excluding hydrogens is 330 g/mol. The molecule has 1 saturated carbocycles. The molecule has 0 radical (unpaired) electrons. The van der Waals surface area contributed by atoms with Crippen molar-refractivity contribution < 1.29 is 19.4 Å². The number of ketones is 1. The van der Waals surface area contributed by atoms with Crippen LogP contribution in [0.1, 0.15) is 24.8 Å². The van der Waals surface area contributed by atoms with Crippen molar-refractivity contribution in [3.63, 3.8) is 0 Å². The number of benzene rings is 2. The fourth-order valence-corrected chi connectivity index (χ4v) is 4.35. The Morgan fingerprint density at radius 1 is 1.12 bits per heavy atom. The van der Waals surface area contributed by atoms with Crippen LogP contribution >= 0.6 is 0 Å². The highest BCUT2D eigenvalue weighted by molar-refractivity contribution is 6.26. The minimum absolute atomic E-state index is 0.115. The standard InChI is InChI=1S/C21H21NO4/c1-13-17(14-7-6-10-16(11-14)26-2)12-18-19(23)21(13,25)20(24)22(18)15-8-4-3-5-9-15/h3-11,13,17-18,25H,12H2,1-2H3. The van der Waals surface area contributed by atoms with Gasteiger partial charge in [-0.05, 0) is 42.2 Å². The van der Waals surface area contributed by atoms with Crippen LogP contribution in [0.4, 0.5) is 5.69 Å². The third-order valence-electron chi connectivity index (χ3n) is 5.83. The number of aliphatic hydroxyl groups is 1. The normalized spacial score (nSPS) is 30.6. The molecule has 5 heteroatoms. The Hall–Kier alpha value is -2.66. The zero-order valence-electron chi connectivity index (χ0n) is 14.8. The van der Waals surface area contributed by atoms with E-state index in [1.807, 2.05) is 42.5 Å². The topological polar surface area (TPSA) is 66.8 Å². The molecule has 0 aromatic heterocycles. The van der Waals surface area contributed by atoms with Gasteiger partial charge >= 0.3 is 0 Å². The number of methoxy groups -OCH3 is 1. The van der Waals surface area contributed by atoms with E-state index in [4.69, 9.17) is 4.74 Å². The first-order valence-corrected chi connectivity index (χ1v) is 8.77. The molecule has 1 saturated heterocycles. The second-order valence-corrected chi connectivity index (χ2v) is 7.06. The van der Waals surface area contributed by atoms with E-state index in [-0.39, 0.29) is 5.92 Å². The molecule has 2 fully saturated rings.